The van der Waals surface area contributed by atoms with Crippen molar-refractivity contribution in [2.75, 3.05) is 19.7 Å². The highest BCUT2D eigenvalue weighted by atomic mass is 16.5. The van der Waals surface area contributed by atoms with Gasteiger partial charge in [0.15, 0.2) is 0 Å². The van der Waals surface area contributed by atoms with Gasteiger partial charge in [-0.1, -0.05) is 6.92 Å². The van der Waals surface area contributed by atoms with E-state index in [-0.39, 0.29) is 24.2 Å². The van der Waals surface area contributed by atoms with E-state index in [9.17, 15) is 9.90 Å². The zero-order chi connectivity index (χ0) is 14.2. The molecule has 0 aromatic rings. The predicted molar refractivity (Wildman–Crippen MR) is 72.5 cm³/mol. The Morgan fingerprint density at radius 1 is 1.39 bits per heavy atom. The van der Waals surface area contributed by atoms with Gasteiger partial charge in [-0.2, -0.15) is 0 Å². The number of hydrogen-bond donors (Lipinski definition) is 3. The Morgan fingerprint density at radius 2 is 2.00 bits per heavy atom. The molecule has 0 heterocycles. The van der Waals surface area contributed by atoms with E-state index in [1.807, 2.05) is 27.7 Å². The molecule has 0 fully saturated rings. The summed E-state index contributed by atoms with van der Waals surface area (Å²) in [6.07, 6.45) is 0.311. The Bertz CT molecular complexity index is 239. The number of carbonyl (C=O) groups excluding carboxylic acids is 1. The highest BCUT2D eigenvalue weighted by molar-refractivity contribution is 5.81. The van der Waals surface area contributed by atoms with Crippen molar-refractivity contribution in [2.24, 2.45) is 0 Å². The van der Waals surface area contributed by atoms with Crippen molar-refractivity contribution < 1.29 is 14.6 Å². The molecule has 0 saturated heterocycles. The van der Waals surface area contributed by atoms with Crippen LogP contribution in [0.15, 0.2) is 0 Å². The van der Waals surface area contributed by atoms with Gasteiger partial charge in [0, 0.05) is 13.1 Å². The summed E-state index contributed by atoms with van der Waals surface area (Å²) in [4.78, 5) is 11.5. The second-order valence-corrected chi connectivity index (χ2v) is 5.50. The number of carbonyl (C=O) groups is 1. The maximum atomic E-state index is 11.5. The Labute approximate surface area is 110 Å². The quantitative estimate of drug-likeness (QED) is 0.600. The molecule has 0 spiro atoms. The highest BCUT2D eigenvalue weighted by Crippen LogP contribution is 2.06. The minimum atomic E-state index is -0.606. The maximum Gasteiger partial charge on any atom is 0.236 e. The molecule has 2 unspecified atom stereocenters. The van der Waals surface area contributed by atoms with Crippen molar-refractivity contribution in [3.8, 4) is 0 Å². The van der Waals surface area contributed by atoms with Crippen LogP contribution in [0.4, 0.5) is 0 Å². The van der Waals surface area contributed by atoms with E-state index in [1.54, 1.807) is 6.92 Å². The van der Waals surface area contributed by atoms with Crippen LogP contribution >= 0.6 is 0 Å². The molecular formula is C13H28N2O3. The van der Waals surface area contributed by atoms with Crippen molar-refractivity contribution in [1.82, 2.24) is 10.6 Å². The third-order valence-electron chi connectivity index (χ3n) is 2.31. The average Bonchev–Trinajstić information content (AvgIpc) is 2.29. The van der Waals surface area contributed by atoms with Crippen LogP contribution in [0.2, 0.25) is 0 Å². The second kappa shape index (κ2) is 8.45. The Kier molecular flexibility index (Phi) is 8.15. The molecule has 18 heavy (non-hydrogen) atoms. The first-order chi connectivity index (χ1) is 8.26. The van der Waals surface area contributed by atoms with Gasteiger partial charge in [-0.05, 0) is 34.1 Å². The van der Waals surface area contributed by atoms with Gasteiger partial charge in [0.05, 0.1) is 24.4 Å². The number of amides is 1. The van der Waals surface area contributed by atoms with Crippen molar-refractivity contribution in [3.63, 3.8) is 0 Å². The van der Waals surface area contributed by atoms with Crippen LogP contribution in [0.5, 0.6) is 0 Å². The van der Waals surface area contributed by atoms with Crippen LogP contribution in [0.1, 0.15) is 41.0 Å². The molecule has 108 valence electrons. The largest absolute Gasteiger partial charge is 0.389 e. The number of rotatable bonds is 8. The van der Waals surface area contributed by atoms with Gasteiger partial charge in [-0.3, -0.25) is 4.79 Å². The Morgan fingerprint density at radius 3 is 2.50 bits per heavy atom. The maximum absolute atomic E-state index is 11.5. The van der Waals surface area contributed by atoms with Gasteiger partial charge in [-0.15, -0.1) is 0 Å². The molecule has 0 radical (unpaired) electrons. The van der Waals surface area contributed by atoms with Gasteiger partial charge in [0.25, 0.3) is 0 Å². The average molecular weight is 260 g/mol. The fraction of sp³-hybridized carbons (Fsp3) is 0.923. The zero-order valence-electron chi connectivity index (χ0n) is 12.2. The first-order valence-corrected chi connectivity index (χ1v) is 6.59. The molecule has 0 rings (SSSR count). The lowest BCUT2D eigenvalue weighted by Gasteiger charge is -2.23. The van der Waals surface area contributed by atoms with Gasteiger partial charge >= 0.3 is 0 Å². The normalized spacial score (nSPS) is 15.2. The number of aliphatic hydroxyl groups is 1. The summed E-state index contributed by atoms with van der Waals surface area (Å²) in [6.45, 7) is 10.9. The molecule has 3 N–H and O–H groups in total. The lowest BCUT2D eigenvalue weighted by molar-refractivity contribution is -0.123. The summed E-state index contributed by atoms with van der Waals surface area (Å²) >= 11 is 0. The molecule has 1 amide bonds. The van der Waals surface area contributed by atoms with Crippen LogP contribution in [-0.4, -0.2) is 48.5 Å². The van der Waals surface area contributed by atoms with E-state index in [0.29, 0.717) is 13.1 Å². The molecule has 0 aliphatic carbocycles. The summed E-state index contributed by atoms with van der Waals surface area (Å²) in [5.74, 6) is -0.0409. The Hall–Kier alpha value is -0.650. The van der Waals surface area contributed by atoms with E-state index >= 15 is 0 Å². The first kappa shape index (κ1) is 17.4. The molecule has 0 aromatic heterocycles. The molecule has 2 atom stereocenters. The summed E-state index contributed by atoms with van der Waals surface area (Å²) in [5.41, 5.74) is -0.259. The fourth-order valence-electron chi connectivity index (χ4n) is 1.21. The topological polar surface area (TPSA) is 70.6 Å². The summed E-state index contributed by atoms with van der Waals surface area (Å²) in [6, 6.07) is -0.305. The van der Waals surface area contributed by atoms with E-state index in [0.717, 1.165) is 6.42 Å². The molecule has 5 nitrogen and oxygen atoms in total. The number of hydrogen-bond acceptors (Lipinski definition) is 4. The minimum Gasteiger partial charge on any atom is -0.389 e. The molecule has 0 aromatic carbocycles. The van der Waals surface area contributed by atoms with Crippen LogP contribution < -0.4 is 10.6 Å². The molecule has 0 bridgehead atoms. The van der Waals surface area contributed by atoms with Gasteiger partial charge < -0.3 is 20.5 Å². The number of aliphatic hydroxyl groups excluding tert-OH is 1. The lowest BCUT2D eigenvalue weighted by atomic mass is 10.2. The van der Waals surface area contributed by atoms with Crippen LogP contribution in [0.25, 0.3) is 0 Å². The zero-order valence-corrected chi connectivity index (χ0v) is 12.2. The Balaban J connectivity index is 3.77. The molecule has 0 saturated carbocycles. The van der Waals surface area contributed by atoms with Crippen LogP contribution in [-0.2, 0) is 9.53 Å². The minimum absolute atomic E-state index is 0.0409. The third kappa shape index (κ3) is 9.39. The van der Waals surface area contributed by atoms with E-state index < -0.39 is 6.10 Å². The van der Waals surface area contributed by atoms with Crippen LogP contribution in [0, 0.1) is 0 Å². The van der Waals surface area contributed by atoms with Crippen LogP contribution in [0.3, 0.4) is 0 Å². The summed E-state index contributed by atoms with van der Waals surface area (Å²) < 4.78 is 5.46. The van der Waals surface area contributed by atoms with E-state index in [4.69, 9.17) is 4.74 Å². The van der Waals surface area contributed by atoms with Crippen molar-refractivity contribution in [3.05, 3.63) is 0 Å². The smallest absolute Gasteiger partial charge is 0.236 e. The van der Waals surface area contributed by atoms with Gasteiger partial charge in [0.2, 0.25) is 5.91 Å². The summed E-state index contributed by atoms with van der Waals surface area (Å²) in [5, 5.41) is 15.5. The standard InChI is InChI=1S/C13H28N2O3/c1-6-7-14-12(17)10(2)15-8-11(16)9-18-13(3,4)5/h10-11,15-16H,6-9H2,1-5H3,(H,14,17). The second-order valence-electron chi connectivity index (χ2n) is 5.50. The van der Waals surface area contributed by atoms with Crippen molar-refractivity contribution >= 4 is 5.91 Å². The van der Waals surface area contributed by atoms with E-state index in [2.05, 4.69) is 10.6 Å². The van der Waals surface area contributed by atoms with Crippen molar-refractivity contribution in [2.45, 2.75) is 58.8 Å². The van der Waals surface area contributed by atoms with Gasteiger partial charge in [-0.25, -0.2) is 0 Å². The molecule has 0 aliphatic heterocycles. The fourth-order valence-corrected chi connectivity index (χ4v) is 1.21. The molecular weight excluding hydrogens is 232 g/mol. The SMILES string of the molecule is CCCNC(=O)C(C)NCC(O)COC(C)(C)C. The molecule has 0 aliphatic rings. The van der Waals surface area contributed by atoms with Gasteiger partial charge in [0.1, 0.15) is 0 Å². The summed E-state index contributed by atoms with van der Waals surface area (Å²) in [7, 11) is 0. The predicted octanol–water partition coefficient (Wildman–Crippen LogP) is 0.667. The number of nitrogens with one attached hydrogen (secondary N) is 2. The first-order valence-electron chi connectivity index (χ1n) is 6.59. The lowest BCUT2D eigenvalue weighted by Crippen LogP contribution is -2.46. The third-order valence-corrected chi connectivity index (χ3v) is 2.31. The van der Waals surface area contributed by atoms with E-state index in [1.165, 1.54) is 0 Å². The number of ether oxygens (including phenoxy) is 1. The van der Waals surface area contributed by atoms with Crippen molar-refractivity contribution in [1.29, 1.82) is 0 Å². The highest BCUT2D eigenvalue weighted by Gasteiger charge is 2.16. The molecule has 5 heteroatoms. The monoisotopic (exact) mass is 260 g/mol.